The number of carbonyl (C=O) groups is 2. The maximum absolute atomic E-state index is 13.3. The first-order valence-corrected chi connectivity index (χ1v) is 12.7. The molecule has 0 aliphatic rings. The Kier molecular flexibility index (Phi) is 8.41. The summed E-state index contributed by atoms with van der Waals surface area (Å²) in [5, 5.41) is 4.55. The van der Waals surface area contributed by atoms with E-state index >= 15 is 0 Å². The van der Waals surface area contributed by atoms with Gasteiger partial charge in [-0.1, -0.05) is 67.6 Å². The van der Waals surface area contributed by atoms with Crippen molar-refractivity contribution >= 4 is 32.6 Å². The van der Waals surface area contributed by atoms with E-state index in [1.54, 1.807) is 25.1 Å². The number of sulfonamides is 1. The van der Waals surface area contributed by atoms with Crippen molar-refractivity contribution in [3.63, 3.8) is 0 Å². The first-order chi connectivity index (χ1) is 16.2. The van der Waals surface area contributed by atoms with E-state index in [0.29, 0.717) is 6.54 Å². The van der Waals surface area contributed by atoms with Crippen molar-refractivity contribution in [2.75, 3.05) is 20.1 Å². The number of hydrogen-bond acceptors (Lipinski definition) is 4. The number of fused-ring (bicyclic) bond motifs is 1. The van der Waals surface area contributed by atoms with Gasteiger partial charge in [0.2, 0.25) is 21.8 Å². The number of likely N-dealkylation sites (N-methyl/N-ethyl adjacent to an activating group) is 1. The summed E-state index contributed by atoms with van der Waals surface area (Å²) in [5.74, 6) is -0.721. The Morgan fingerprint density at radius 2 is 1.59 bits per heavy atom. The molecule has 1 N–H and O–H groups in total. The topological polar surface area (TPSA) is 86.8 Å². The number of nitrogens with one attached hydrogen (secondary N) is 1. The highest BCUT2D eigenvalue weighted by atomic mass is 32.2. The number of hydrogen-bond donors (Lipinski definition) is 1. The molecule has 3 aromatic rings. The Bertz CT molecular complexity index is 1250. The van der Waals surface area contributed by atoms with E-state index in [4.69, 9.17) is 0 Å². The molecular weight excluding hydrogens is 450 g/mol. The fourth-order valence-corrected chi connectivity index (χ4v) is 4.79. The van der Waals surface area contributed by atoms with Crippen LogP contribution in [0.2, 0.25) is 0 Å². The van der Waals surface area contributed by atoms with E-state index in [0.717, 1.165) is 27.1 Å². The summed E-state index contributed by atoms with van der Waals surface area (Å²) in [7, 11) is -2.53. The van der Waals surface area contributed by atoms with Crippen LogP contribution >= 0.6 is 0 Å². The minimum absolute atomic E-state index is 0.116. The molecule has 0 aliphatic heterocycles. The lowest BCUT2D eigenvalue weighted by Crippen LogP contribution is -2.50. The lowest BCUT2D eigenvalue weighted by atomic mass is 10.1. The number of rotatable bonds is 10. The number of nitrogens with zero attached hydrogens (tertiary/aromatic N) is 2. The van der Waals surface area contributed by atoms with Crippen LogP contribution in [0.1, 0.15) is 25.8 Å². The highest BCUT2D eigenvalue weighted by Crippen LogP contribution is 2.21. The molecule has 0 spiro atoms. The summed E-state index contributed by atoms with van der Waals surface area (Å²) < 4.78 is 27.5. The number of carbonyl (C=O) groups excluding carboxylic acids is 2. The monoisotopic (exact) mass is 481 g/mol. The highest BCUT2D eigenvalue weighted by molar-refractivity contribution is 7.89. The Morgan fingerprint density at radius 3 is 2.26 bits per heavy atom. The van der Waals surface area contributed by atoms with Crippen LogP contribution in [0.3, 0.4) is 0 Å². The van der Waals surface area contributed by atoms with Crippen molar-refractivity contribution in [2.24, 2.45) is 0 Å². The molecule has 0 fully saturated rings. The maximum atomic E-state index is 13.3. The molecule has 0 saturated heterocycles. The summed E-state index contributed by atoms with van der Waals surface area (Å²) in [4.78, 5) is 27.5. The van der Waals surface area contributed by atoms with E-state index in [9.17, 15) is 18.0 Å². The summed E-state index contributed by atoms with van der Waals surface area (Å²) in [6.07, 6.45) is 0.776. The highest BCUT2D eigenvalue weighted by Gasteiger charge is 2.30. The van der Waals surface area contributed by atoms with Gasteiger partial charge in [0.05, 0.1) is 11.4 Å². The van der Waals surface area contributed by atoms with Gasteiger partial charge in [-0.15, -0.1) is 0 Å². The molecule has 0 saturated carbocycles. The SMILES string of the molecule is CCCNC(=O)[C@H](C)N(Cc1ccccc1)C(=O)CN(C)S(=O)(=O)c1ccc2ccccc2c1. The molecule has 8 heteroatoms. The lowest BCUT2D eigenvalue weighted by Gasteiger charge is -2.30. The minimum atomic E-state index is -3.91. The third-order valence-corrected chi connectivity index (χ3v) is 7.50. The molecule has 180 valence electrons. The van der Waals surface area contributed by atoms with Crippen LogP contribution < -0.4 is 5.32 Å². The Balaban J connectivity index is 1.82. The van der Waals surface area contributed by atoms with Crippen LogP contribution in [-0.4, -0.2) is 55.6 Å². The van der Waals surface area contributed by atoms with Gasteiger partial charge in [-0.2, -0.15) is 4.31 Å². The van der Waals surface area contributed by atoms with E-state index in [2.05, 4.69) is 5.32 Å². The maximum Gasteiger partial charge on any atom is 0.243 e. The molecule has 34 heavy (non-hydrogen) atoms. The van der Waals surface area contributed by atoms with Gasteiger partial charge in [-0.25, -0.2) is 8.42 Å². The van der Waals surface area contributed by atoms with Gasteiger partial charge < -0.3 is 10.2 Å². The Morgan fingerprint density at radius 1 is 0.941 bits per heavy atom. The number of benzene rings is 3. The molecule has 1 atom stereocenters. The zero-order valence-corrected chi connectivity index (χ0v) is 20.6. The average molecular weight is 482 g/mol. The zero-order valence-electron chi connectivity index (χ0n) is 19.8. The van der Waals surface area contributed by atoms with Crippen molar-refractivity contribution in [2.45, 2.75) is 37.8 Å². The molecule has 0 radical (unpaired) electrons. The van der Waals surface area contributed by atoms with Crippen molar-refractivity contribution in [1.29, 1.82) is 0 Å². The molecule has 7 nitrogen and oxygen atoms in total. The Labute approximate surface area is 201 Å². The van der Waals surface area contributed by atoms with Crippen LogP contribution in [-0.2, 0) is 26.2 Å². The molecule has 2 amide bonds. The summed E-state index contributed by atoms with van der Waals surface area (Å²) in [6, 6.07) is 21.0. The first kappa shape index (κ1) is 25.4. The third-order valence-electron chi connectivity index (χ3n) is 5.70. The van der Waals surface area contributed by atoms with E-state index in [1.165, 1.54) is 11.9 Å². The molecule has 0 bridgehead atoms. The van der Waals surface area contributed by atoms with Gasteiger partial charge in [-0.05, 0) is 41.8 Å². The fourth-order valence-electron chi connectivity index (χ4n) is 3.63. The molecule has 0 aromatic heterocycles. The predicted molar refractivity (Wildman–Crippen MR) is 134 cm³/mol. The third kappa shape index (κ3) is 6.01. The summed E-state index contributed by atoms with van der Waals surface area (Å²) >= 11 is 0. The summed E-state index contributed by atoms with van der Waals surface area (Å²) in [5.41, 5.74) is 0.853. The van der Waals surface area contributed by atoms with Crippen LogP contribution in [0.4, 0.5) is 0 Å². The van der Waals surface area contributed by atoms with E-state index in [-0.39, 0.29) is 23.9 Å². The quantitative estimate of drug-likeness (QED) is 0.481. The van der Waals surface area contributed by atoms with Gasteiger partial charge in [0, 0.05) is 20.1 Å². The van der Waals surface area contributed by atoms with Gasteiger partial charge in [0.25, 0.3) is 0 Å². The molecule has 0 unspecified atom stereocenters. The number of amides is 2. The van der Waals surface area contributed by atoms with Gasteiger partial charge in [-0.3, -0.25) is 9.59 Å². The minimum Gasteiger partial charge on any atom is -0.354 e. The smallest absolute Gasteiger partial charge is 0.243 e. The van der Waals surface area contributed by atoms with E-state index in [1.807, 2.05) is 61.5 Å². The van der Waals surface area contributed by atoms with Gasteiger partial charge in [0.15, 0.2) is 0 Å². The summed E-state index contributed by atoms with van der Waals surface area (Å²) in [6.45, 7) is 3.93. The standard InChI is InChI=1S/C26H31N3O4S/c1-4-16-27-26(31)20(2)29(18-21-10-6-5-7-11-21)25(30)19-28(3)34(32,33)24-15-14-22-12-8-9-13-23(22)17-24/h5-15,17,20H,4,16,18-19H2,1-3H3,(H,27,31)/t20-/m0/s1. The zero-order chi connectivity index (χ0) is 24.7. The second-order valence-electron chi connectivity index (χ2n) is 8.24. The average Bonchev–Trinajstić information content (AvgIpc) is 2.85. The largest absolute Gasteiger partial charge is 0.354 e. The van der Waals surface area contributed by atoms with Crippen LogP contribution in [0.15, 0.2) is 77.7 Å². The first-order valence-electron chi connectivity index (χ1n) is 11.3. The van der Waals surface area contributed by atoms with Crippen LogP contribution in [0, 0.1) is 0 Å². The van der Waals surface area contributed by atoms with Crippen molar-refractivity contribution in [3.8, 4) is 0 Å². The Hall–Kier alpha value is -3.23. The fraction of sp³-hybridized carbons (Fsp3) is 0.308. The van der Waals surface area contributed by atoms with Crippen molar-refractivity contribution < 1.29 is 18.0 Å². The molecule has 0 heterocycles. The molecule has 3 rings (SSSR count). The molecule has 3 aromatic carbocycles. The van der Waals surface area contributed by atoms with Crippen molar-refractivity contribution in [3.05, 3.63) is 78.4 Å². The van der Waals surface area contributed by atoms with Crippen LogP contribution in [0.5, 0.6) is 0 Å². The normalized spacial score (nSPS) is 12.5. The van der Waals surface area contributed by atoms with Crippen LogP contribution in [0.25, 0.3) is 10.8 Å². The van der Waals surface area contributed by atoms with Gasteiger partial charge in [0.1, 0.15) is 6.04 Å². The second-order valence-corrected chi connectivity index (χ2v) is 10.3. The van der Waals surface area contributed by atoms with E-state index < -0.39 is 22.0 Å². The second kappa shape index (κ2) is 11.3. The lowest BCUT2D eigenvalue weighted by molar-refractivity contribution is -0.140. The van der Waals surface area contributed by atoms with Gasteiger partial charge >= 0.3 is 0 Å². The molecular formula is C26H31N3O4S. The van der Waals surface area contributed by atoms with Crippen molar-refractivity contribution in [1.82, 2.24) is 14.5 Å². The molecule has 0 aliphatic carbocycles. The predicted octanol–water partition coefficient (Wildman–Crippen LogP) is 3.40.